The molecular formula is C23H25FN4O2S. The maximum Gasteiger partial charge on any atom is 0.216 e. The highest BCUT2D eigenvalue weighted by atomic mass is 32.2. The van der Waals surface area contributed by atoms with Crippen LogP contribution >= 0.6 is 0 Å². The molecule has 1 aliphatic rings. The molecule has 1 aliphatic carbocycles. The summed E-state index contributed by atoms with van der Waals surface area (Å²) in [5.74, 6) is -0.348. The number of rotatable bonds is 6. The van der Waals surface area contributed by atoms with Gasteiger partial charge in [-0.3, -0.25) is 4.98 Å². The average molecular weight is 441 g/mol. The Morgan fingerprint density at radius 2 is 1.77 bits per heavy atom. The second kappa shape index (κ2) is 9.11. The van der Waals surface area contributed by atoms with Crippen LogP contribution in [0.4, 0.5) is 10.2 Å². The van der Waals surface area contributed by atoms with Gasteiger partial charge in [-0.1, -0.05) is 49.6 Å². The largest absolute Gasteiger partial charge is 0.382 e. The van der Waals surface area contributed by atoms with Gasteiger partial charge in [0.15, 0.2) is 0 Å². The van der Waals surface area contributed by atoms with Gasteiger partial charge in [-0.25, -0.2) is 22.5 Å². The van der Waals surface area contributed by atoms with Crippen molar-refractivity contribution >= 4 is 15.8 Å². The molecule has 0 spiro atoms. The van der Waals surface area contributed by atoms with Gasteiger partial charge in [-0.15, -0.1) is 0 Å². The van der Waals surface area contributed by atoms with E-state index in [0.717, 1.165) is 32.1 Å². The molecular weight excluding hydrogens is 415 g/mol. The maximum absolute atomic E-state index is 14.9. The SMILES string of the molecule is Nc1cnc(-c2ccc(-c3ccccc3CS(=O)(=O)NC3CCCCC3)cc2F)cn1. The van der Waals surface area contributed by atoms with Gasteiger partial charge < -0.3 is 5.73 Å². The van der Waals surface area contributed by atoms with Crippen molar-refractivity contribution in [2.75, 3.05) is 5.73 Å². The molecule has 0 unspecified atom stereocenters. The summed E-state index contributed by atoms with van der Waals surface area (Å²) < 4.78 is 43.3. The Bertz CT molecular complexity index is 1160. The molecule has 0 atom stereocenters. The molecule has 0 bridgehead atoms. The number of hydrogen-bond acceptors (Lipinski definition) is 5. The first-order chi connectivity index (χ1) is 14.9. The predicted octanol–water partition coefficient (Wildman–Crippen LogP) is 4.28. The van der Waals surface area contributed by atoms with Gasteiger partial charge in [0.25, 0.3) is 0 Å². The molecule has 0 aliphatic heterocycles. The molecule has 3 aromatic rings. The van der Waals surface area contributed by atoms with Crippen LogP contribution in [0.25, 0.3) is 22.4 Å². The summed E-state index contributed by atoms with van der Waals surface area (Å²) in [6.45, 7) is 0. The van der Waals surface area contributed by atoms with Gasteiger partial charge >= 0.3 is 0 Å². The zero-order chi connectivity index (χ0) is 21.8. The number of nitrogens with two attached hydrogens (primary N) is 1. The van der Waals surface area contributed by atoms with Crippen molar-refractivity contribution in [3.8, 4) is 22.4 Å². The lowest BCUT2D eigenvalue weighted by Gasteiger charge is -2.23. The molecule has 1 fully saturated rings. The van der Waals surface area contributed by atoms with Crippen molar-refractivity contribution in [1.82, 2.24) is 14.7 Å². The van der Waals surface area contributed by atoms with E-state index in [1.165, 1.54) is 18.5 Å². The summed E-state index contributed by atoms with van der Waals surface area (Å²) in [7, 11) is -3.50. The molecule has 2 aromatic carbocycles. The molecule has 0 radical (unpaired) electrons. The third-order valence-electron chi connectivity index (χ3n) is 5.54. The predicted molar refractivity (Wildman–Crippen MR) is 120 cm³/mol. The summed E-state index contributed by atoms with van der Waals surface area (Å²) in [6.07, 6.45) is 7.81. The van der Waals surface area contributed by atoms with Crippen molar-refractivity contribution in [3.05, 3.63) is 66.2 Å². The van der Waals surface area contributed by atoms with E-state index in [-0.39, 0.29) is 17.6 Å². The molecule has 1 aromatic heterocycles. The lowest BCUT2D eigenvalue weighted by molar-refractivity contribution is 0.412. The van der Waals surface area contributed by atoms with Gasteiger partial charge in [-0.05, 0) is 41.7 Å². The third-order valence-corrected chi connectivity index (χ3v) is 6.93. The Kier molecular flexibility index (Phi) is 6.29. The molecule has 0 saturated heterocycles. The van der Waals surface area contributed by atoms with Crippen molar-refractivity contribution < 1.29 is 12.8 Å². The van der Waals surface area contributed by atoms with Crippen molar-refractivity contribution in [3.63, 3.8) is 0 Å². The number of hydrogen-bond donors (Lipinski definition) is 2. The van der Waals surface area contributed by atoms with Crippen LogP contribution < -0.4 is 10.5 Å². The van der Waals surface area contributed by atoms with Crippen LogP contribution in [-0.2, 0) is 15.8 Å². The van der Waals surface area contributed by atoms with Crippen LogP contribution in [0, 0.1) is 5.82 Å². The van der Waals surface area contributed by atoms with E-state index in [1.54, 1.807) is 24.3 Å². The summed E-state index contributed by atoms with van der Waals surface area (Å²) in [4.78, 5) is 8.07. The minimum Gasteiger partial charge on any atom is -0.382 e. The Morgan fingerprint density at radius 3 is 2.48 bits per heavy atom. The van der Waals surface area contributed by atoms with Gasteiger partial charge in [0, 0.05) is 11.6 Å². The van der Waals surface area contributed by atoms with Gasteiger partial charge in [0.2, 0.25) is 10.0 Å². The Morgan fingerprint density at radius 1 is 1.00 bits per heavy atom. The summed E-state index contributed by atoms with van der Waals surface area (Å²) >= 11 is 0. The highest BCUT2D eigenvalue weighted by Gasteiger charge is 2.22. The third kappa shape index (κ3) is 5.26. The fraction of sp³-hybridized carbons (Fsp3) is 0.304. The first kappa shape index (κ1) is 21.4. The fourth-order valence-corrected chi connectivity index (χ4v) is 5.50. The van der Waals surface area contributed by atoms with Crippen molar-refractivity contribution in [2.24, 2.45) is 0 Å². The van der Waals surface area contributed by atoms with Crippen LogP contribution in [0.1, 0.15) is 37.7 Å². The van der Waals surface area contributed by atoms with Crippen LogP contribution in [0.5, 0.6) is 0 Å². The van der Waals surface area contributed by atoms with E-state index in [2.05, 4.69) is 14.7 Å². The Balaban J connectivity index is 1.59. The number of aromatic nitrogens is 2. The number of anilines is 1. The molecule has 1 saturated carbocycles. The Labute approximate surface area is 181 Å². The summed E-state index contributed by atoms with van der Waals surface area (Å²) in [6, 6.07) is 12.0. The quantitative estimate of drug-likeness (QED) is 0.596. The molecule has 4 rings (SSSR count). The Hall–Kier alpha value is -2.84. The highest BCUT2D eigenvalue weighted by molar-refractivity contribution is 7.88. The van der Waals surface area contributed by atoms with Crippen LogP contribution in [0.15, 0.2) is 54.9 Å². The lowest BCUT2D eigenvalue weighted by Crippen LogP contribution is -2.36. The zero-order valence-electron chi connectivity index (χ0n) is 17.1. The highest BCUT2D eigenvalue weighted by Crippen LogP contribution is 2.30. The monoisotopic (exact) mass is 440 g/mol. The first-order valence-corrected chi connectivity index (χ1v) is 12.0. The zero-order valence-corrected chi connectivity index (χ0v) is 17.9. The fourth-order valence-electron chi connectivity index (χ4n) is 4.02. The second-order valence-electron chi connectivity index (χ2n) is 7.89. The van der Waals surface area contributed by atoms with Gasteiger partial charge in [-0.2, -0.15) is 0 Å². The lowest BCUT2D eigenvalue weighted by atomic mass is 9.96. The minimum absolute atomic E-state index is 0.00339. The smallest absolute Gasteiger partial charge is 0.216 e. The summed E-state index contributed by atoms with van der Waals surface area (Å²) in [5.41, 5.74) is 8.15. The van der Waals surface area contributed by atoms with Gasteiger partial charge in [0.05, 0.1) is 23.8 Å². The molecule has 6 nitrogen and oxygen atoms in total. The van der Waals surface area contributed by atoms with E-state index in [9.17, 15) is 12.8 Å². The van der Waals surface area contributed by atoms with Crippen LogP contribution in [0.3, 0.4) is 0 Å². The number of benzene rings is 2. The molecule has 1 heterocycles. The number of sulfonamides is 1. The number of nitrogens with zero attached hydrogens (tertiary/aromatic N) is 2. The summed E-state index contributed by atoms with van der Waals surface area (Å²) in [5, 5.41) is 0. The second-order valence-corrected chi connectivity index (χ2v) is 9.64. The molecule has 0 amide bonds. The topological polar surface area (TPSA) is 98.0 Å². The maximum atomic E-state index is 14.9. The van der Waals surface area contributed by atoms with E-state index < -0.39 is 15.8 Å². The van der Waals surface area contributed by atoms with E-state index in [4.69, 9.17) is 5.73 Å². The van der Waals surface area contributed by atoms with Crippen LogP contribution in [0.2, 0.25) is 0 Å². The normalized spacial score (nSPS) is 15.1. The first-order valence-electron chi connectivity index (χ1n) is 10.4. The van der Waals surface area contributed by atoms with Gasteiger partial charge in [0.1, 0.15) is 11.6 Å². The number of nitrogen functional groups attached to an aromatic ring is 1. The minimum atomic E-state index is -3.50. The standard InChI is InChI=1S/C23H25FN4O2S/c24-21-12-16(10-11-20(21)22-13-27-23(25)14-26-22)19-9-5-4-6-17(19)15-31(29,30)28-18-7-2-1-3-8-18/h4-6,9-14,18,28H,1-3,7-8,15H2,(H2,25,27). The van der Waals surface area contributed by atoms with Crippen LogP contribution in [-0.4, -0.2) is 24.4 Å². The van der Waals surface area contributed by atoms with E-state index in [1.807, 2.05) is 12.1 Å². The van der Waals surface area contributed by atoms with Crippen molar-refractivity contribution in [2.45, 2.75) is 43.9 Å². The van der Waals surface area contributed by atoms with E-state index in [0.29, 0.717) is 27.9 Å². The average Bonchev–Trinajstić information content (AvgIpc) is 2.75. The molecule has 3 N–H and O–H groups in total. The molecule has 8 heteroatoms. The van der Waals surface area contributed by atoms with E-state index >= 15 is 0 Å². The molecule has 31 heavy (non-hydrogen) atoms. The van der Waals surface area contributed by atoms with Crippen molar-refractivity contribution in [1.29, 1.82) is 0 Å². The number of halogens is 1. The molecule has 162 valence electrons. The number of nitrogens with one attached hydrogen (secondary N) is 1.